The number of hydrogen-bond donors (Lipinski definition) is 1. The SMILES string of the molecule is COc1ccccc1N1CCN(/C=C(/C#N)C(=O)Nc2ccccc2C#N)CC1. The van der Waals surface area contributed by atoms with Crippen LogP contribution in [0.2, 0.25) is 0 Å². The Hall–Kier alpha value is -3.97. The molecule has 1 saturated heterocycles. The number of nitrogens with zero attached hydrogens (tertiary/aromatic N) is 4. The third kappa shape index (κ3) is 4.66. The number of methoxy groups -OCH3 is 1. The van der Waals surface area contributed by atoms with Crippen LogP contribution in [0.5, 0.6) is 5.75 Å². The molecule has 1 N–H and O–H groups in total. The Morgan fingerprint density at radius 2 is 1.76 bits per heavy atom. The first kappa shape index (κ1) is 19.8. The zero-order valence-electron chi connectivity index (χ0n) is 16.1. The lowest BCUT2D eigenvalue weighted by molar-refractivity contribution is -0.112. The summed E-state index contributed by atoms with van der Waals surface area (Å²) >= 11 is 0. The molecule has 0 bridgehead atoms. The highest BCUT2D eigenvalue weighted by Gasteiger charge is 2.20. The normalized spacial score (nSPS) is 14.0. The fraction of sp³-hybridized carbons (Fsp3) is 0.227. The van der Waals surface area contributed by atoms with Gasteiger partial charge in [-0.25, -0.2) is 0 Å². The highest BCUT2D eigenvalue weighted by atomic mass is 16.5. The summed E-state index contributed by atoms with van der Waals surface area (Å²) in [6.07, 6.45) is 1.59. The summed E-state index contributed by atoms with van der Waals surface area (Å²) in [5, 5.41) is 21.2. The smallest absolute Gasteiger partial charge is 0.267 e. The first-order valence-corrected chi connectivity index (χ1v) is 9.20. The Morgan fingerprint density at radius 1 is 1.07 bits per heavy atom. The van der Waals surface area contributed by atoms with Crippen LogP contribution in [0.4, 0.5) is 11.4 Å². The molecule has 7 nitrogen and oxygen atoms in total. The molecule has 0 radical (unpaired) electrons. The zero-order chi connectivity index (χ0) is 20.6. The van der Waals surface area contributed by atoms with Crippen molar-refractivity contribution in [1.29, 1.82) is 10.5 Å². The van der Waals surface area contributed by atoms with E-state index in [2.05, 4.69) is 10.2 Å². The maximum absolute atomic E-state index is 12.5. The van der Waals surface area contributed by atoms with Crippen molar-refractivity contribution in [2.75, 3.05) is 43.5 Å². The molecule has 0 aromatic heterocycles. The molecule has 2 aromatic carbocycles. The predicted molar refractivity (Wildman–Crippen MR) is 110 cm³/mol. The van der Waals surface area contributed by atoms with Crippen LogP contribution in [0.1, 0.15) is 5.56 Å². The van der Waals surface area contributed by atoms with Crippen molar-refractivity contribution >= 4 is 17.3 Å². The minimum atomic E-state index is -0.526. The van der Waals surface area contributed by atoms with E-state index in [-0.39, 0.29) is 5.57 Å². The maximum Gasteiger partial charge on any atom is 0.267 e. The summed E-state index contributed by atoms with van der Waals surface area (Å²) in [5.74, 6) is 0.298. The molecule has 3 rings (SSSR count). The fourth-order valence-electron chi connectivity index (χ4n) is 3.18. The van der Waals surface area contributed by atoms with Crippen LogP contribution in [-0.2, 0) is 4.79 Å². The Morgan fingerprint density at radius 3 is 2.45 bits per heavy atom. The highest BCUT2D eigenvalue weighted by Crippen LogP contribution is 2.28. The second kappa shape index (κ2) is 9.29. The average molecular weight is 387 g/mol. The molecule has 0 saturated carbocycles. The summed E-state index contributed by atoms with van der Waals surface area (Å²) in [6, 6.07) is 18.5. The molecular weight excluding hydrogens is 366 g/mol. The number of benzene rings is 2. The first-order chi connectivity index (χ1) is 14.2. The van der Waals surface area contributed by atoms with Crippen LogP contribution in [0.3, 0.4) is 0 Å². The van der Waals surface area contributed by atoms with Crippen molar-refractivity contribution in [2.45, 2.75) is 0 Å². The minimum absolute atomic E-state index is 0.00323. The van der Waals surface area contributed by atoms with Gasteiger partial charge in [-0.15, -0.1) is 0 Å². The molecule has 146 valence electrons. The number of anilines is 2. The van der Waals surface area contributed by atoms with Gasteiger partial charge in [0.05, 0.1) is 24.0 Å². The number of nitrogens with one attached hydrogen (secondary N) is 1. The predicted octanol–water partition coefficient (Wildman–Crippen LogP) is 2.74. The number of amides is 1. The molecule has 1 aliphatic rings. The molecule has 0 unspecified atom stereocenters. The van der Waals surface area contributed by atoms with Crippen molar-refractivity contribution in [1.82, 2.24) is 4.90 Å². The molecule has 0 spiro atoms. The molecule has 7 heteroatoms. The van der Waals surface area contributed by atoms with E-state index in [1.807, 2.05) is 41.3 Å². The Labute approximate surface area is 170 Å². The fourth-order valence-corrected chi connectivity index (χ4v) is 3.18. The van der Waals surface area contributed by atoms with Crippen molar-refractivity contribution in [3.05, 3.63) is 65.9 Å². The van der Waals surface area contributed by atoms with Gasteiger partial charge in [0.2, 0.25) is 0 Å². The highest BCUT2D eigenvalue weighted by molar-refractivity contribution is 6.07. The third-order valence-corrected chi connectivity index (χ3v) is 4.71. The van der Waals surface area contributed by atoms with E-state index in [1.165, 1.54) is 0 Å². The van der Waals surface area contributed by atoms with Gasteiger partial charge in [-0.05, 0) is 24.3 Å². The number of carbonyl (C=O) groups is 1. The van der Waals surface area contributed by atoms with Crippen molar-refractivity contribution in [3.63, 3.8) is 0 Å². The van der Waals surface area contributed by atoms with Crippen molar-refractivity contribution < 1.29 is 9.53 Å². The van der Waals surface area contributed by atoms with Crippen molar-refractivity contribution in [2.24, 2.45) is 0 Å². The summed E-state index contributed by atoms with van der Waals surface area (Å²) in [5.41, 5.74) is 1.78. The average Bonchev–Trinajstić information content (AvgIpc) is 2.78. The number of rotatable bonds is 5. The molecule has 1 amide bonds. The lowest BCUT2D eigenvalue weighted by Gasteiger charge is -2.36. The lowest BCUT2D eigenvalue weighted by Crippen LogP contribution is -2.44. The van der Waals surface area contributed by atoms with Gasteiger partial charge in [0.15, 0.2) is 0 Å². The van der Waals surface area contributed by atoms with E-state index in [0.29, 0.717) is 24.3 Å². The molecule has 0 atom stereocenters. The molecular formula is C22H21N5O2. The van der Waals surface area contributed by atoms with Gasteiger partial charge in [-0.1, -0.05) is 24.3 Å². The second-order valence-electron chi connectivity index (χ2n) is 6.46. The van der Waals surface area contributed by atoms with Gasteiger partial charge in [0.1, 0.15) is 23.5 Å². The number of piperazine rings is 1. The number of nitriles is 2. The molecule has 1 fully saturated rings. The van der Waals surface area contributed by atoms with E-state index in [1.54, 1.807) is 37.6 Å². The van der Waals surface area contributed by atoms with E-state index in [4.69, 9.17) is 10.00 Å². The van der Waals surface area contributed by atoms with Gasteiger partial charge in [0, 0.05) is 32.4 Å². The van der Waals surface area contributed by atoms with E-state index < -0.39 is 5.91 Å². The third-order valence-electron chi connectivity index (χ3n) is 4.71. The largest absolute Gasteiger partial charge is 0.495 e. The lowest BCUT2D eigenvalue weighted by atomic mass is 10.2. The molecule has 29 heavy (non-hydrogen) atoms. The van der Waals surface area contributed by atoms with Gasteiger partial charge >= 0.3 is 0 Å². The van der Waals surface area contributed by atoms with Crippen molar-refractivity contribution in [3.8, 4) is 17.9 Å². The minimum Gasteiger partial charge on any atom is -0.495 e. The van der Waals surface area contributed by atoms with Gasteiger partial charge in [-0.2, -0.15) is 10.5 Å². The molecule has 1 heterocycles. The van der Waals surface area contributed by atoms with Crippen LogP contribution >= 0.6 is 0 Å². The number of para-hydroxylation sites is 3. The van der Waals surface area contributed by atoms with E-state index in [9.17, 15) is 10.1 Å². The number of carbonyl (C=O) groups excluding carboxylic acids is 1. The van der Waals surface area contributed by atoms with Gasteiger partial charge in [-0.3, -0.25) is 4.79 Å². The summed E-state index contributed by atoms with van der Waals surface area (Å²) in [4.78, 5) is 16.7. The topological polar surface area (TPSA) is 92.4 Å². The summed E-state index contributed by atoms with van der Waals surface area (Å²) in [6.45, 7) is 2.83. The Kier molecular flexibility index (Phi) is 6.34. The Bertz CT molecular complexity index is 995. The van der Waals surface area contributed by atoms with Crippen LogP contribution in [0, 0.1) is 22.7 Å². The Balaban J connectivity index is 1.66. The zero-order valence-corrected chi connectivity index (χ0v) is 16.1. The second-order valence-corrected chi connectivity index (χ2v) is 6.46. The summed E-state index contributed by atoms with van der Waals surface area (Å²) in [7, 11) is 1.65. The summed E-state index contributed by atoms with van der Waals surface area (Å²) < 4.78 is 5.43. The van der Waals surface area contributed by atoms with Crippen LogP contribution in [-0.4, -0.2) is 44.1 Å². The monoisotopic (exact) mass is 387 g/mol. The van der Waals surface area contributed by atoms with Gasteiger partial charge < -0.3 is 19.9 Å². The van der Waals surface area contributed by atoms with Crippen LogP contribution in [0.25, 0.3) is 0 Å². The first-order valence-electron chi connectivity index (χ1n) is 9.20. The van der Waals surface area contributed by atoms with E-state index in [0.717, 1.165) is 24.5 Å². The standard InChI is InChI=1S/C22H21N5O2/c1-29-21-9-5-4-8-20(21)27-12-10-26(11-13-27)16-18(15-24)22(28)25-19-7-3-2-6-17(19)14-23/h2-9,16H,10-13H2,1H3,(H,25,28)/b18-16-. The number of hydrogen-bond acceptors (Lipinski definition) is 6. The van der Waals surface area contributed by atoms with Crippen LogP contribution < -0.4 is 15.0 Å². The van der Waals surface area contributed by atoms with E-state index >= 15 is 0 Å². The number of ether oxygens (including phenoxy) is 1. The maximum atomic E-state index is 12.5. The molecule has 1 aliphatic heterocycles. The molecule has 0 aliphatic carbocycles. The van der Waals surface area contributed by atoms with Crippen LogP contribution in [0.15, 0.2) is 60.3 Å². The molecule has 2 aromatic rings. The quantitative estimate of drug-likeness (QED) is 0.626. The van der Waals surface area contributed by atoms with Gasteiger partial charge in [0.25, 0.3) is 5.91 Å².